The van der Waals surface area contributed by atoms with E-state index in [9.17, 15) is 19.2 Å². The Hall–Kier alpha value is -3.88. The molecule has 0 bridgehead atoms. The Morgan fingerprint density at radius 1 is 0.844 bits per heavy atom. The van der Waals surface area contributed by atoms with Crippen molar-refractivity contribution in [2.24, 2.45) is 0 Å². The third-order valence-electron chi connectivity index (χ3n) is 5.83. The number of carbonyl (C=O) groups is 4. The molecule has 3 aliphatic heterocycles. The SMILES string of the molecule is O=C1c2ccccc2C(=O)N1CCC(=O)N1CCCN1C(=O)Cc1ccc2c(c1)OCO2. The molecule has 3 aliphatic rings. The largest absolute Gasteiger partial charge is 0.454 e. The van der Waals surface area contributed by atoms with E-state index < -0.39 is 11.8 Å². The first-order chi connectivity index (χ1) is 15.5. The van der Waals surface area contributed by atoms with E-state index in [4.69, 9.17) is 9.47 Å². The fourth-order valence-corrected chi connectivity index (χ4v) is 4.23. The number of ether oxygens (including phenoxy) is 2. The summed E-state index contributed by atoms with van der Waals surface area (Å²) < 4.78 is 10.6. The van der Waals surface area contributed by atoms with Crippen LogP contribution >= 0.6 is 0 Å². The lowest BCUT2D eigenvalue weighted by atomic mass is 10.1. The molecule has 2 aromatic rings. The molecule has 5 rings (SSSR count). The fraction of sp³-hybridized carbons (Fsp3) is 0.304. The van der Waals surface area contributed by atoms with Crippen molar-refractivity contribution >= 4 is 23.6 Å². The zero-order valence-corrected chi connectivity index (χ0v) is 17.3. The predicted molar refractivity (Wildman–Crippen MR) is 111 cm³/mol. The number of rotatable bonds is 5. The van der Waals surface area contributed by atoms with Gasteiger partial charge in [0.15, 0.2) is 11.5 Å². The van der Waals surface area contributed by atoms with Crippen LogP contribution in [-0.2, 0) is 16.0 Å². The van der Waals surface area contributed by atoms with Gasteiger partial charge in [-0.2, -0.15) is 0 Å². The first kappa shape index (κ1) is 20.0. The first-order valence-electron chi connectivity index (χ1n) is 10.5. The molecule has 1 fully saturated rings. The van der Waals surface area contributed by atoms with Gasteiger partial charge < -0.3 is 9.47 Å². The summed E-state index contributed by atoms with van der Waals surface area (Å²) in [5.74, 6) is -0.0300. The Balaban J connectivity index is 1.21. The van der Waals surface area contributed by atoms with Crippen LogP contribution in [0.5, 0.6) is 11.5 Å². The molecule has 0 spiro atoms. The molecule has 0 radical (unpaired) electrons. The second kappa shape index (κ2) is 7.99. The van der Waals surface area contributed by atoms with Gasteiger partial charge in [-0.3, -0.25) is 34.1 Å². The van der Waals surface area contributed by atoms with Gasteiger partial charge in [-0.05, 0) is 36.2 Å². The number of hydrogen-bond acceptors (Lipinski definition) is 6. The third-order valence-corrected chi connectivity index (χ3v) is 5.83. The maximum Gasteiger partial charge on any atom is 0.261 e. The van der Waals surface area contributed by atoms with Crippen molar-refractivity contribution < 1.29 is 28.7 Å². The van der Waals surface area contributed by atoms with Crippen LogP contribution in [0.2, 0.25) is 0 Å². The van der Waals surface area contributed by atoms with E-state index >= 15 is 0 Å². The molecule has 32 heavy (non-hydrogen) atoms. The molecule has 0 unspecified atom stereocenters. The summed E-state index contributed by atoms with van der Waals surface area (Å²) in [6, 6.07) is 11.9. The summed E-state index contributed by atoms with van der Waals surface area (Å²) in [4.78, 5) is 51.8. The Bertz CT molecular complexity index is 1100. The lowest BCUT2D eigenvalue weighted by Gasteiger charge is -2.28. The monoisotopic (exact) mass is 435 g/mol. The second-order valence-corrected chi connectivity index (χ2v) is 7.81. The Morgan fingerprint density at radius 3 is 2.22 bits per heavy atom. The Morgan fingerprint density at radius 2 is 1.50 bits per heavy atom. The van der Waals surface area contributed by atoms with Gasteiger partial charge in [0.2, 0.25) is 18.6 Å². The van der Waals surface area contributed by atoms with Gasteiger partial charge in [0.1, 0.15) is 0 Å². The first-order valence-corrected chi connectivity index (χ1v) is 10.5. The number of hydrogen-bond donors (Lipinski definition) is 0. The summed E-state index contributed by atoms with van der Waals surface area (Å²) in [7, 11) is 0. The van der Waals surface area contributed by atoms with E-state index in [-0.39, 0.29) is 38.0 Å². The second-order valence-electron chi connectivity index (χ2n) is 7.81. The van der Waals surface area contributed by atoms with E-state index in [0.29, 0.717) is 42.1 Å². The van der Waals surface area contributed by atoms with Crippen molar-refractivity contribution in [1.29, 1.82) is 0 Å². The smallest absolute Gasteiger partial charge is 0.261 e. The van der Waals surface area contributed by atoms with E-state index in [2.05, 4.69) is 0 Å². The van der Waals surface area contributed by atoms with Crippen LogP contribution in [-0.4, -0.2) is 65.0 Å². The van der Waals surface area contributed by atoms with Crippen molar-refractivity contribution in [3.63, 3.8) is 0 Å². The van der Waals surface area contributed by atoms with Gasteiger partial charge in [-0.25, -0.2) is 0 Å². The van der Waals surface area contributed by atoms with Crippen molar-refractivity contribution in [2.75, 3.05) is 26.4 Å². The molecule has 9 heteroatoms. The van der Waals surface area contributed by atoms with Crippen LogP contribution in [0.4, 0.5) is 0 Å². The summed E-state index contributed by atoms with van der Waals surface area (Å²) in [5.41, 5.74) is 1.47. The minimum absolute atomic E-state index is 0.0220. The van der Waals surface area contributed by atoms with Gasteiger partial charge in [-0.1, -0.05) is 18.2 Å². The number of hydrazine groups is 1. The predicted octanol–water partition coefficient (Wildman–Crippen LogP) is 1.62. The highest BCUT2D eigenvalue weighted by atomic mass is 16.7. The number of carbonyl (C=O) groups excluding carboxylic acids is 4. The number of nitrogens with zero attached hydrogens (tertiary/aromatic N) is 3. The summed E-state index contributed by atoms with van der Waals surface area (Å²) in [6.45, 7) is 1.01. The summed E-state index contributed by atoms with van der Waals surface area (Å²) in [5, 5.41) is 2.88. The minimum atomic E-state index is -0.393. The molecule has 3 heterocycles. The quantitative estimate of drug-likeness (QED) is 0.663. The highest BCUT2D eigenvalue weighted by molar-refractivity contribution is 6.21. The number of fused-ring (bicyclic) bond motifs is 2. The van der Waals surface area contributed by atoms with Crippen LogP contribution in [0.3, 0.4) is 0 Å². The van der Waals surface area contributed by atoms with Gasteiger partial charge in [0.05, 0.1) is 17.5 Å². The average Bonchev–Trinajstić information content (AvgIpc) is 3.52. The molecule has 0 N–H and O–H groups in total. The van der Waals surface area contributed by atoms with Crippen LogP contribution < -0.4 is 9.47 Å². The Labute approximate surface area is 184 Å². The van der Waals surface area contributed by atoms with E-state index in [0.717, 1.165) is 10.5 Å². The van der Waals surface area contributed by atoms with Crippen molar-refractivity contribution in [3.8, 4) is 11.5 Å². The van der Waals surface area contributed by atoms with Crippen LogP contribution in [0, 0.1) is 0 Å². The molecule has 0 aliphatic carbocycles. The van der Waals surface area contributed by atoms with Gasteiger partial charge in [0.25, 0.3) is 11.8 Å². The molecule has 0 aromatic heterocycles. The van der Waals surface area contributed by atoms with Crippen LogP contribution in [0.15, 0.2) is 42.5 Å². The molecular weight excluding hydrogens is 414 g/mol. The zero-order valence-electron chi connectivity index (χ0n) is 17.3. The van der Waals surface area contributed by atoms with Crippen molar-refractivity contribution in [1.82, 2.24) is 14.9 Å². The van der Waals surface area contributed by atoms with Gasteiger partial charge in [0, 0.05) is 26.1 Å². The van der Waals surface area contributed by atoms with E-state index in [1.807, 2.05) is 0 Å². The van der Waals surface area contributed by atoms with E-state index in [1.54, 1.807) is 42.5 Å². The highest BCUT2D eigenvalue weighted by Crippen LogP contribution is 2.33. The van der Waals surface area contributed by atoms with E-state index in [1.165, 1.54) is 10.0 Å². The maximum absolute atomic E-state index is 12.9. The lowest BCUT2D eigenvalue weighted by molar-refractivity contribution is -0.157. The molecule has 0 atom stereocenters. The van der Waals surface area contributed by atoms with Crippen LogP contribution in [0.25, 0.3) is 0 Å². The summed E-state index contributed by atoms with van der Waals surface area (Å²) >= 11 is 0. The summed E-state index contributed by atoms with van der Waals surface area (Å²) in [6.07, 6.45) is 0.754. The third kappa shape index (κ3) is 3.45. The number of amides is 4. The maximum atomic E-state index is 12.9. The topological polar surface area (TPSA) is 96.5 Å². The molecule has 1 saturated heterocycles. The highest BCUT2D eigenvalue weighted by Gasteiger charge is 2.36. The van der Waals surface area contributed by atoms with Crippen molar-refractivity contribution in [2.45, 2.75) is 19.3 Å². The molecule has 9 nitrogen and oxygen atoms in total. The zero-order chi connectivity index (χ0) is 22.2. The Kier molecular flexibility index (Phi) is 5.01. The standard InChI is InChI=1S/C23H21N3O6/c27-20(8-11-24-22(29)16-4-1-2-5-17(16)23(24)30)25-9-3-10-26(25)21(28)13-15-6-7-18-19(12-15)32-14-31-18/h1-2,4-7,12H,3,8-11,13-14H2. The van der Waals surface area contributed by atoms with Gasteiger partial charge in [-0.15, -0.1) is 0 Å². The molecule has 4 amide bonds. The van der Waals surface area contributed by atoms with Gasteiger partial charge >= 0.3 is 0 Å². The molecule has 0 saturated carbocycles. The molecular formula is C23H21N3O6. The average molecular weight is 435 g/mol. The molecule has 2 aromatic carbocycles. The molecule has 164 valence electrons. The number of benzene rings is 2. The normalized spacial score (nSPS) is 16.7. The minimum Gasteiger partial charge on any atom is -0.454 e. The lowest BCUT2D eigenvalue weighted by Crippen LogP contribution is -2.46. The van der Waals surface area contributed by atoms with Crippen LogP contribution in [0.1, 0.15) is 39.1 Å². The van der Waals surface area contributed by atoms with Crippen molar-refractivity contribution in [3.05, 3.63) is 59.2 Å². The fourth-order valence-electron chi connectivity index (χ4n) is 4.23. The number of imide groups is 1.